The Balaban J connectivity index is 4.66. The third-order valence-electron chi connectivity index (χ3n) is 15.4. The van der Waals surface area contributed by atoms with E-state index in [0.717, 1.165) is 83.5 Å². The van der Waals surface area contributed by atoms with Gasteiger partial charge in [-0.2, -0.15) is 0 Å². The molecule has 0 radical (unpaired) electrons. The van der Waals surface area contributed by atoms with Crippen LogP contribution in [0.15, 0.2) is 60.8 Å². The summed E-state index contributed by atoms with van der Waals surface area (Å²) in [5.74, 6) is -1.45. The van der Waals surface area contributed by atoms with Crippen LogP contribution in [-0.2, 0) is 42.2 Å². The van der Waals surface area contributed by atoms with Crippen LogP contribution in [0.1, 0.15) is 342 Å². The van der Waals surface area contributed by atoms with Gasteiger partial charge in [-0.05, 0) is 109 Å². The molecule has 0 heterocycles. The smallest absolute Gasteiger partial charge is 0.462 e. The van der Waals surface area contributed by atoms with E-state index in [1.54, 1.807) is 0 Å². The predicted octanol–water partition coefficient (Wildman–Crippen LogP) is 21.8. The molecule has 0 saturated heterocycles. The lowest BCUT2D eigenvalue weighted by molar-refractivity contribution is -0.161. The van der Waals surface area contributed by atoms with E-state index in [-0.39, 0.29) is 25.9 Å². The monoisotopic (exact) mass is 1200 g/mol. The van der Waals surface area contributed by atoms with Gasteiger partial charge in [0.25, 0.3) is 0 Å². The number of hydrogen-bond donors (Lipinski definition) is 2. The van der Waals surface area contributed by atoms with Crippen LogP contribution in [0.25, 0.3) is 0 Å². The maximum atomic E-state index is 13.0. The van der Waals surface area contributed by atoms with Gasteiger partial charge < -0.3 is 24.2 Å². The summed E-state index contributed by atoms with van der Waals surface area (Å²) in [5, 5.41) is 9.89. The Morgan fingerprint density at radius 3 is 0.917 bits per heavy atom. The van der Waals surface area contributed by atoms with Gasteiger partial charge in [0, 0.05) is 19.3 Å². The zero-order valence-corrected chi connectivity index (χ0v) is 55.5. The van der Waals surface area contributed by atoms with Crippen molar-refractivity contribution in [2.24, 2.45) is 0 Å². The summed E-state index contributed by atoms with van der Waals surface area (Å²) in [6.07, 6.45) is 75.9. The van der Waals surface area contributed by atoms with Crippen LogP contribution >= 0.6 is 7.82 Å². The van der Waals surface area contributed by atoms with E-state index >= 15 is 0 Å². The molecule has 0 aliphatic rings. The molecule has 2 N–H and O–H groups in total. The normalized spacial score (nSPS) is 13.5. The van der Waals surface area contributed by atoms with Gasteiger partial charge in [-0.15, -0.1) is 0 Å². The van der Waals surface area contributed by atoms with Crippen LogP contribution < -0.4 is 0 Å². The van der Waals surface area contributed by atoms with E-state index in [9.17, 15) is 28.9 Å². The van der Waals surface area contributed by atoms with E-state index in [2.05, 4.69) is 81.5 Å². The fourth-order valence-corrected chi connectivity index (χ4v) is 10.8. The third-order valence-corrected chi connectivity index (χ3v) is 16.3. The van der Waals surface area contributed by atoms with E-state index in [0.29, 0.717) is 19.3 Å². The summed E-state index contributed by atoms with van der Waals surface area (Å²) >= 11 is 0. The molecule has 84 heavy (non-hydrogen) atoms. The van der Waals surface area contributed by atoms with Crippen LogP contribution in [0.3, 0.4) is 0 Å². The minimum Gasteiger partial charge on any atom is -0.462 e. The van der Waals surface area contributed by atoms with Crippen molar-refractivity contribution >= 4 is 25.7 Å². The largest absolute Gasteiger partial charge is 0.472 e. The minimum absolute atomic E-state index is 0.163. The number of phosphoric ester groups is 1. The number of aliphatic hydroxyl groups excluding tert-OH is 1. The molecule has 0 aliphatic heterocycles. The van der Waals surface area contributed by atoms with Gasteiger partial charge in [0.1, 0.15) is 12.7 Å². The Bertz CT molecular complexity index is 1640. The molecule has 12 heteroatoms. The number of phosphoric acid groups is 1. The first kappa shape index (κ1) is 81.2. The lowest BCUT2D eigenvalue weighted by Gasteiger charge is -2.21. The van der Waals surface area contributed by atoms with Gasteiger partial charge >= 0.3 is 25.7 Å². The average Bonchev–Trinajstić information content (AvgIpc) is 3.54. The van der Waals surface area contributed by atoms with Crippen molar-refractivity contribution in [3.05, 3.63) is 60.8 Å². The fraction of sp³-hybridized carbons (Fsp3) is 0.819. The fourth-order valence-electron chi connectivity index (χ4n) is 10.0. The quantitative estimate of drug-likeness (QED) is 0.0197. The highest BCUT2D eigenvalue weighted by atomic mass is 31.2. The minimum atomic E-state index is -4.76. The van der Waals surface area contributed by atoms with Crippen LogP contribution in [0.4, 0.5) is 0 Å². The lowest BCUT2D eigenvalue weighted by Crippen LogP contribution is -2.30. The summed E-state index contributed by atoms with van der Waals surface area (Å²) in [6, 6.07) is 0. The first-order valence-corrected chi connectivity index (χ1v) is 36.7. The second kappa shape index (κ2) is 66.1. The summed E-state index contributed by atoms with van der Waals surface area (Å²) in [5.41, 5.74) is 0. The summed E-state index contributed by atoms with van der Waals surface area (Å²) < 4.78 is 39.8. The number of carbonyl (C=O) groups excluding carboxylic acids is 3. The zero-order chi connectivity index (χ0) is 61.2. The molecule has 0 rings (SSSR count). The van der Waals surface area contributed by atoms with Crippen molar-refractivity contribution in [1.82, 2.24) is 0 Å². The number of hydrogen-bond acceptors (Lipinski definition) is 10. The van der Waals surface area contributed by atoms with Crippen LogP contribution in [0.5, 0.6) is 0 Å². The molecule has 0 spiro atoms. The Morgan fingerprint density at radius 1 is 0.333 bits per heavy atom. The van der Waals surface area contributed by atoms with Gasteiger partial charge in [0.2, 0.25) is 0 Å². The summed E-state index contributed by atoms with van der Waals surface area (Å²) in [4.78, 5) is 48.9. The first-order valence-electron chi connectivity index (χ1n) is 35.2. The molecule has 3 atom stereocenters. The number of esters is 3. The molecule has 0 aromatic rings. The second-order valence-electron chi connectivity index (χ2n) is 23.7. The van der Waals surface area contributed by atoms with Gasteiger partial charge in [0.15, 0.2) is 6.10 Å². The first-order chi connectivity index (χ1) is 41.2. The van der Waals surface area contributed by atoms with Gasteiger partial charge in [-0.25, -0.2) is 4.57 Å². The molecule has 0 saturated carbocycles. The molecular formula is C72H131O11P. The number of carbonyl (C=O) groups is 3. The molecule has 0 amide bonds. The van der Waals surface area contributed by atoms with Gasteiger partial charge in [0.05, 0.1) is 19.8 Å². The number of rotatable bonds is 66. The van der Waals surface area contributed by atoms with Crippen molar-refractivity contribution in [1.29, 1.82) is 0 Å². The summed E-state index contributed by atoms with van der Waals surface area (Å²) in [6.45, 7) is 4.66. The van der Waals surface area contributed by atoms with Crippen molar-refractivity contribution in [2.45, 2.75) is 354 Å². The van der Waals surface area contributed by atoms with Crippen LogP contribution in [0, 0.1) is 0 Å². The molecule has 3 unspecified atom stereocenters. The molecule has 0 bridgehead atoms. The summed E-state index contributed by atoms with van der Waals surface area (Å²) in [7, 11) is -4.76. The molecule has 490 valence electrons. The highest BCUT2D eigenvalue weighted by Gasteiger charge is 2.28. The molecule has 0 fully saturated rings. The Morgan fingerprint density at radius 2 is 0.583 bits per heavy atom. The second-order valence-corrected chi connectivity index (χ2v) is 25.1. The van der Waals surface area contributed by atoms with E-state index in [4.69, 9.17) is 23.3 Å². The van der Waals surface area contributed by atoms with E-state index < -0.39 is 57.8 Å². The van der Waals surface area contributed by atoms with Crippen molar-refractivity contribution in [3.63, 3.8) is 0 Å². The predicted molar refractivity (Wildman–Crippen MR) is 353 cm³/mol. The van der Waals surface area contributed by atoms with Crippen LogP contribution in [0.2, 0.25) is 0 Å². The zero-order valence-electron chi connectivity index (χ0n) is 54.6. The number of unbranched alkanes of at least 4 members (excludes halogenated alkanes) is 39. The number of allylic oxidation sites excluding steroid dienone is 10. The van der Waals surface area contributed by atoms with E-state index in [1.165, 1.54) is 199 Å². The van der Waals surface area contributed by atoms with Gasteiger partial charge in [-0.1, -0.05) is 274 Å². The number of ether oxygens (including phenoxy) is 3. The molecule has 0 aromatic carbocycles. The maximum Gasteiger partial charge on any atom is 0.472 e. The topological polar surface area (TPSA) is 155 Å². The number of aliphatic hydroxyl groups is 1. The Kier molecular flexibility index (Phi) is 63.9. The van der Waals surface area contributed by atoms with Crippen molar-refractivity contribution < 1.29 is 52.2 Å². The van der Waals surface area contributed by atoms with Crippen molar-refractivity contribution in [2.75, 3.05) is 26.4 Å². The average molecular weight is 1200 g/mol. The molecule has 0 aromatic heterocycles. The Hall–Kier alpha value is -2.82. The third kappa shape index (κ3) is 63.7. The molecular weight excluding hydrogens is 1070 g/mol. The molecule has 11 nitrogen and oxygen atoms in total. The maximum absolute atomic E-state index is 13.0. The standard InChI is InChI=1S/C72H131O11P/c1-4-7-10-13-16-19-22-25-28-31-34-37-40-43-46-49-52-55-58-61-70(74)79-65-69(83-72(76)63-60-57-54-51-48-45-42-39-36-33-30-27-24-21-18-15-12-9-6-3)67-81-84(77,78)80-66-68(64-73)82-71(75)62-59-56-53-50-47-44-41-38-35-32-29-26-23-20-17-14-11-8-5-2/h17-18,20-21,25-30,68-69,73H,4-16,19,22-24,31-67H2,1-3H3,(H,77,78)/b20-17-,21-18-,28-25-,29-26-,30-27-. The SMILES string of the molecule is CCCCC/C=C\C/C=C\CCCCCCCCCCCC(=O)OC(CO)COP(=O)(O)OCC(COC(=O)CCCCCCCCCCC/C=C\CCCCCCCC)OC(=O)CCCCCCCCCCC/C=C\C/C=C\CCCCC. The lowest BCUT2D eigenvalue weighted by atomic mass is 10.1. The Labute approximate surface area is 516 Å². The molecule has 0 aliphatic carbocycles. The highest BCUT2D eigenvalue weighted by Crippen LogP contribution is 2.43. The van der Waals surface area contributed by atoms with Crippen LogP contribution in [-0.4, -0.2) is 66.5 Å². The van der Waals surface area contributed by atoms with Crippen molar-refractivity contribution in [3.8, 4) is 0 Å². The highest BCUT2D eigenvalue weighted by molar-refractivity contribution is 7.47. The van der Waals surface area contributed by atoms with Gasteiger partial charge in [-0.3, -0.25) is 23.4 Å². The van der Waals surface area contributed by atoms with E-state index in [1.807, 2.05) is 0 Å².